The second-order valence-corrected chi connectivity index (χ2v) is 3.44. The van der Waals surface area contributed by atoms with Gasteiger partial charge >= 0.3 is 0 Å². The van der Waals surface area contributed by atoms with Crippen molar-refractivity contribution < 1.29 is 9.53 Å². The Morgan fingerprint density at radius 1 is 1.46 bits per heavy atom. The van der Waals surface area contributed by atoms with Gasteiger partial charge in [0.25, 0.3) is 0 Å². The van der Waals surface area contributed by atoms with Crippen LogP contribution in [0.15, 0.2) is 0 Å². The van der Waals surface area contributed by atoms with Crippen molar-refractivity contribution in [2.75, 3.05) is 19.8 Å². The minimum atomic E-state index is -0.0744. The predicted octanol–water partition coefficient (Wildman–Crippen LogP) is 0.122. The van der Waals surface area contributed by atoms with Gasteiger partial charge in [-0.1, -0.05) is 13.8 Å². The number of carbonyl (C=O) groups excluding carboxylic acids is 1. The first-order valence-electron chi connectivity index (χ1n) is 4.65. The second kappa shape index (κ2) is 6.86. The van der Waals surface area contributed by atoms with Gasteiger partial charge in [0.1, 0.15) is 6.61 Å². The largest absolute Gasteiger partial charge is 0.370 e. The zero-order chi connectivity index (χ0) is 10.3. The maximum absolute atomic E-state index is 11.2. The summed E-state index contributed by atoms with van der Waals surface area (Å²) in [6.07, 6.45) is 0. The summed E-state index contributed by atoms with van der Waals surface area (Å²) >= 11 is 0. The number of rotatable bonds is 6. The summed E-state index contributed by atoms with van der Waals surface area (Å²) in [6, 6.07) is 0.189. The van der Waals surface area contributed by atoms with Gasteiger partial charge in [0, 0.05) is 12.6 Å². The molecule has 4 nitrogen and oxygen atoms in total. The van der Waals surface area contributed by atoms with E-state index in [-0.39, 0.29) is 18.6 Å². The van der Waals surface area contributed by atoms with Crippen LogP contribution >= 0.6 is 0 Å². The molecule has 0 saturated heterocycles. The van der Waals surface area contributed by atoms with E-state index in [9.17, 15) is 4.79 Å². The molecule has 0 aliphatic heterocycles. The lowest BCUT2D eigenvalue weighted by atomic mass is 10.1. The Morgan fingerprint density at radius 2 is 2.08 bits per heavy atom. The zero-order valence-corrected chi connectivity index (χ0v) is 8.67. The highest BCUT2D eigenvalue weighted by atomic mass is 16.5. The molecule has 0 aromatic heterocycles. The Morgan fingerprint density at radius 3 is 2.54 bits per heavy atom. The van der Waals surface area contributed by atoms with Crippen molar-refractivity contribution in [3.63, 3.8) is 0 Å². The molecule has 3 N–H and O–H groups in total. The SMILES string of the molecule is CC(C)C(C)NC(=O)COCCN. The van der Waals surface area contributed by atoms with E-state index in [0.29, 0.717) is 19.1 Å². The Labute approximate surface area is 79.8 Å². The standard InChI is InChI=1S/C9H20N2O2/c1-7(2)8(3)11-9(12)6-13-5-4-10/h7-8H,4-6,10H2,1-3H3,(H,11,12). The third-order valence-electron chi connectivity index (χ3n) is 1.88. The van der Waals surface area contributed by atoms with Gasteiger partial charge in [-0.25, -0.2) is 0 Å². The number of hydrogen-bond acceptors (Lipinski definition) is 3. The van der Waals surface area contributed by atoms with Gasteiger partial charge in [-0.2, -0.15) is 0 Å². The maximum Gasteiger partial charge on any atom is 0.246 e. The third kappa shape index (κ3) is 6.54. The summed E-state index contributed by atoms with van der Waals surface area (Å²) in [5, 5.41) is 2.83. The molecule has 0 radical (unpaired) electrons. The lowest BCUT2D eigenvalue weighted by molar-refractivity contribution is -0.126. The fraction of sp³-hybridized carbons (Fsp3) is 0.889. The van der Waals surface area contributed by atoms with Crippen LogP contribution in [0.2, 0.25) is 0 Å². The van der Waals surface area contributed by atoms with Crippen LogP contribution in [0.1, 0.15) is 20.8 Å². The molecule has 0 heterocycles. The first-order chi connectivity index (χ1) is 6.07. The Kier molecular flexibility index (Phi) is 6.54. The van der Waals surface area contributed by atoms with Crippen molar-refractivity contribution in [3.05, 3.63) is 0 Å². The lowest BCUT2D eigenvalue weighted by Crippen LogP contribution is -2.38. The molecule has 0 rings (SSSR count). The van der Waals surface area contributed by atoms with Crippen molar-refractivity contribution in [1.29, 1.82) is 0 Å². The van der Waals surface area contributed by atoms with Crippen LogP contribution in [0.4, 0.5) is 0 Å². The Hall–Kier alpha value is -0.610. The van der Waals surface area contributed by atoms with Crippen molar-refractivity contribution in [3.8, 4) is 0 Å². The molecule has 0 aromatic rings. The van der Waals surface area contributed by atoms with Gasteiger partial charge in [-0.3, -0.25) is 4.79 Å². The molecule has 0 saturated carbocycles. The average Bonchev–Trinajstić information content (AvgIpc) is 2.04. The molecule has 0 aromatic carbocycles. The molecular weight excluding hydrogens is 168 g/mol. The number of nitrogens with two attached hydrogens (primary N) is 1. The molecule has 1 atom stereocenters. The van der Waals surface area contributed by atoms with Crippen molar-refractivity contribution in [2.45, 2.75) is 26.8 Å². The Balaban J connectivity index is 3.50. The number of amides is 1. The number of carbonyl (C=O) groups is 1. The van der Waals surface area contributed by atoms with Crippen LogP contribution in [0.25, 0.3) is 0 Å². The third-order valence-corrected chi connectivity index (χ3v) is 1.88. The quantitative estimate of drug-likeness (QED) is 0.582. The van der Waals surface area contributed by atoms with Crippen molar-refractivity contribution >= 4 is 5.91 Å². The van der Waals surface area contributed by atoms with Gasteiger partial charge in [-0.05, 0) is 12.8 Å². The molecule has 0 fully saturated rings. The number of hydrogen-bond donors (Lipinski definition) is 2. The molecule has 0 spiro atoms. The van der Waals surface area contributed by atoms with E-state index < -0.39 is 0 Å². The highest BCUT2D eigenvalue weighted by molar-refractivity contribution is 5.77. The smallest absolute Gasteiger partial charge is 0.246 e. The van der Waals surface area contributed by atoms with E-state index in [1.807, 2.05) is 6.92 Å². The molecule has 1 amide bonds. The number of nitrogens with one attached hydrogen (secondary N) is 1. The monoisotopic (exact) mass is 188 g/mol. The predicted molar refractivity (Wildman–Crippen MR) is 52.3 cm³/mol. The number of ether oxygens (including phenoxy) is 1. The summed E-state index contributed by atoms with van der Waals surface area (Å²) in [4.78, 5) is 11.2. The molecule has 1 unspecified atom stereocenters. The molecule has 13 heavy (non-hydrogen) atoms. The minimum Gasteiger partial charge on any atom is -0.370 e. The summed E-state index contributed by atoms with van der Waals surface area (Å²) in [7, 11) is 0. The van der Waals surface area contributed by atoms with Crippen LogP contribution in [-0.4, -0.2) is 31.7 Å². The van der Waals surface area contributed by atoms with Crippen LogP contribution in [0.5, 0.6) is 0 Å². The van der Waals surface area contributed by atoms with E-state index in [1.54, 1.807) is 0 Å². The van der Waals surface area contributed by atoms with E-state index in [1.165, 1.54) is 0 Å². The zero-order valence-electron chi connectivity index (χ0n) is 8.67. The summed E-state index contributed by atoms with van der Waals surface area (Å²) < 4.78 is 4.99. The first kappa shape index (κ1) is 12.4. The minimum absolute atomic E-state index is 0.0744. The highest BCUT2D eigenvalue weighted by Gasteiger charge is 2.09. The van der Waals surface area contributed by atoms with Gasteiger partial charge < -0.3 is 15.8 Å². The van der Waals surface area contributed by atoms with Crippen LogP contribution < -0.4 is 11.1 Å². The van der Waals surface area contributed by atoms with Gasteiger partial charge in [0.15, 0.2) is 0 Å². The first-order valence-corrected chi connectivity index (χ1v) is 4.65. The van der Waals surface area contributed by atoms with Gasteiger partial charge in [-0.15, -0.1) is 0 Å². The van der Waals surface area contributed by atoms with Crippen molar-refractivity contribution in [2.24, 2.45) is 11.7 Å². The van der Waals surface area contributed by atoms with E-state index in [2.05, 4.69) is 19.2 Å². The molecule has 0 bridgehead atoms. The molecule has 0 aliphatic rings. The van der Waals surface area contributed by atoms with E-state index in [4.69, 9.17) is 10.5 Å². The molecule has 4 heteroatoms. The molecular formula is C9H20N2O2. The highest BCUT2D eigenvalue weighted by Crippen LogP contribution is 1.98. The average molecular weight is 188 g/mol. The van der Waals surface area contributed by atoms with Crippen LogP contribution in [0, 0.1) is 5.92 Å². The molecule has 0 aliphatic carbocycles. The van der Waals surface area contributed by atoms with Gasteiger partial charge in [0.2, 0.25) is 5.91 Å². The normalized spacial score (nSPS) is 13.0. The molecule has 78 valence electrons. The van der Waals surface area contributed by atoms with Crippen LogP contribution in [-0.2, 0) is 9.53 Å². The lowest BCUT2D eigenvalue weighted by Gasteiger charge is -2.17. The fourth-order valence-corrected chi connectivity index (χ4v) is 0.710. The van der Waals surface area contributed by atoms with Crippen molar-refractivity contribution in [1.82, 2.24) is 5.32 Å². The van der Waals surface area contributed by atoms with E-state index in [0.717, 1.165) is 0 Å². The van der Waals surface area contributed by atoms with Crippen LogP contribution in [0.3, 0.4) is 0 Å². The summed E-state index contributed by atoms with van der Waals surface area (Å²) in [5.41, 5.74) is 5.21. The summed E-state index contributed by atoms with van der Waals surface area (Å²) in [6.45, 7) is 7.09. The van der Waals surface area contributed by atoms with Gasteiger partial charge in [0.05, 0.1) is 6.61 Å². The Bertz CT molecular complexity index is 149. The fourth-order valence-electron chi connectivity index (χ4n) is 0.710. The second-order valence-electron chi connectivity index (χ2n) is 3.44. The summed E-state index contributed by atoms with van der Waals surface area (Å²) in [5.74, 6) is 0.369. The van der Waals surface area contributed by atoms with E-state index >= 15 is 0 Å². The maximum atomic E-state index is 11.2. The topological polar surface area (TPSA) is 64.3 Å².